The highest BCUT2D eigenvalue weighted by atomic mass is 16.3. The number of aromatic amines is 1. The molecule has 0 spiro atoms. The van der Waals surface area contributed by atoms with E-state index >= 15 is 0 Å². The third kappa shape index (κ3) is 3.32. The molecule has 4 aromatic rings. The lowest BCUT2D eigenvalue weighted by Gasteiger charge is -2.06. The largest absolute Gasteiger partial charge is 0.443 e. The molecule has 0 aliphatic rings. The van der Waals surface area contributed by atoms with Gasteiger partial charge in [-0.25, -0.2) is 9.97 Å². The van der Waals surface area contributed by atoms with E-state index in [4.69, 9.17) is 4.42 Å². The van der Waals surface area contributed by atoms with E-state index < -0.39 is 0 Å². The molecule has 0 atom stereocenters. The Hall–Kier alpha value is -3.48. The zero-order valence-electron chi connectivity index (χ0n) is 13.9. The summed E-state index contributed by atoms with van der Waals surface area (Å²) >= 11 is 0. The first-order valence-electron chi connectivity index (χ1n) is 8.26. The van der Waals surface area contributed by atoms with Crippen LogP contribution in [0.15, 0.2) is 58.1 Å². The highest BCUT2D eigenvalue weighted by Crippen LogP contribution is 2.14. The fourth-order valence-corrected chi connectivity index (χ4v) is 2.77. The second kappa shape index (κ2) is 6.79. The SMILES string of the molecule is O=C(CCc1nc2ccccc2[nH]c1=O)NCc1ccc2ncoc2c1. The number of aryl methyl sites for hydroxylation is 1. The number of carbonyl (C=O) groups excluding carboxylic acids is 1. The van der Waals surface area contributed by atoms with Gasteiger partial charge in [0.05, 0.1) is 11.0 Å². The number of nitrogens with one attached hydrogen (secondary N) is 2. The van der Waals surface area contributed by atoms with Crippen molar-refractivity contribution < 1.29 is 9.21 Å². The van der Waals surface area contributed by atoms with E-state index in [0.29, 0.717) is 28.9 Å². The molecule has 130 valence electrons. The molecule has 2 aromatic heterocycles. The van der Waals surface area contributed by atoms with Crippen LogP contribution in [0.4, 0.5) is 0 Å². The van der Waals surface area contributed by atoms with Crippen molar-refractivity contribution in [1.82, 2.24) is 20.3 Å². The summed E-state index contributed by atoms with van der Waals surface area (Å²) in [7, 11) is 0. The van der Waals surface area contributed by atoms with Gasteiger partial charge in [0, 0.05) is 19.4 Å². The maximum absolute atomic E-state index is 12.1. The quantitative estimate of drug-likeness (QED) is 0.576. The fourth-order valence-electron chi connectivity index (χ4n) is 2.77. The van der Waals surface area contributed by atoms with E-state index in [-0.39, 0.29) is 24.3 Å². The van der Waals surface area contributed by atoms with Gasteiger partial charge in [-0.1, -0.05) is 18.2 Å². The van der Waals surface area contributed by atoms with Gasteiger partial charge in [0.15, 0.2) is 12.0 Å². The van der Waals surface area contributed by atoms with E-state index in [1.165, 1.54) is 6.39 Å². The van der Waals surface area contributed by atoms with Gasteiger partial charge in [-0.15, -0.1) is 0 Å². The van der Waals surface area contributed by atoms with Crippen molar-refractivity contribution in [3.63, 3.8) is 0 Å². The smallest absolute Gasteiger partial charge is 0.270 e. The highest BCUT2D eigenvalue weighted by molar-refractivity contribution is 5.77. The molecule has 0 radical (unpaired) electrons. The minimum absolute atomic E-state index is 0.142. The predicted molar refractivity (Wildman–Crippen MR) is 96.5 cm³/mol. The lowest BCUT2D eigenvalue weighted by atomic mass is 10.2. The molecule has 2 heterocycles. The number of nitrogens with zero attached hydrogens (tertiary/aromatic N) is 2. The van der Waals surface area contributed by atoms with Gasteiger partial charge in [0.2, 0.25) is 5.91 Å². The lowest BCUT2D eigenvalue weighted by Crippen LogP contribution is -2.24. The van der Waals surface area contributed by atoms with E-state index in [2.05, 4.69) is 20.3 Å². The first-order valence-corrected chi connectivity index (χ1v) is 8.26. The molecule has 7 nitrogen and oxygen atoms in total. The molecule has 0 aliphatic carbocycles. The topological polar surface area (TPSA) is 101 Å². The van der Waals surface area contributed by atoms with Gasteiger partial charge in [-0.2, -0.15) is 0 Å². The van der Waals surface area contributed by atoms with Crippen molar-refractivity contribution in [3.8, 4) is 0 Å². The third-order valence-electron chi connectivity index (χ3n) is 4.14. The number of benzene rings is 2. The van der Waals surface area contributed by atoms with Crippen LogP contribution < -0.4 is 10.9 Å². The average Bonchev–Trinajstić information content (AvgIpc) is 3.12. The van der Waals surface area contributed by atoms with Crippen LogP contribution >= 0.6 is 0 Å². The Labute approximate surface area is 148 Å². The van der Waals surface area contributed by atoms with Gasteiger partial charge < -0.3 is 14.7 Å². The number of hydrogen-bond acceptors (Lipinski definition) is 5. The summed E-state index contributed by atoms with van der Waals surface area (Å²) in [6.45, 7) is 0.386. The molecule has 0 saturated carbocycles. The van der Waals surface area contributed by atoms with Crippen molar-refractivity contribution >= 4 is 28.0 Å². The molecule has 2 N–H and O–H groups in total. The van der Waals surface area contributed by atoms with Gasteiger partial charge in [-0.05, 0) is 29.8 Å². The molecular weight excluding hydrogens is 332 g/mol. The Bertz CT molecular complexity index is 1150. The minimum atomic E-state index is -0.257. The number of carbonyl (C=O) groups is 1. The molecule has 0 fully saturated rings. The molecule has 7 heteroatoms. The molecule has 4 rings (SSSR count). The molecule has 0 unspecified atom stereocenters. The maximum atomic E-state index is 12.1. The molecule has 0 saturated heterocycles. The Morgan fingerprint density at radius 1 is 1.15 bits per heavy atom. The predicted octanol–water partition coefficient (Wildman–Crippen LogP) is 2.31. The van der Waals surface area contributed by atoms with Crippen LogP contribution in [0.1, 0.15) is 17.7 Å². The number of hydrogen-bond donors (Lipinski definition) is 2. The molecule has 0 aliphatic heterocycles. The van der Waals surface area contributed by atoms with Gasteiger partial charge in [0.25, 0.3) is 5.56 Å². The van der Waals surface area contributed by atoms with Gasteiger partial charge in [0.1, 0.15) is 11.2 Å². The van der Waals surface area contributed by atoms with Gasteiger partial charge >= 0.3 is 0 Å². The fraction of sp³-hybridized carbons (Fsp3) is 0.158. The molecule has 2 aromatic carbocycles. The molecular formula is C19H16N4O3. The van der Waals surface area contributed by atoms with Gasteiger partial charge in [-0.3, -0.25) is 9.59 Å². The number of para-hydroxylation sites is 2. The lowest BCUT2D eigenvalue weighted by molar-refractivity contribution is -0.121. The number of fused-ring (bicyclic) bond motifs is 2. The van der Waals surface area contributed by atoms with Crippen LogP contribution in [-0.2, 0) is 17.8 Å². The summed E-state index contributed by atoms with van der Waals surface area (Å²) in [4.78, 5) is 35.3. The Morgan fingerprint density at radius 2 is 2.04 bits per heavy atom. The molecule has 0 bridgehead atoms. The number of oxazole rings is 1. The zero-order valence-corrected chi connectivity index (χ0v) is 13.9. The van der Waals surface area contributed by atoms with Crippen molar-refractivity contribution in [2.24, 2.45) is 0 Å². The Kier molecular flexibility index (Phi) is 4.18. The average molecular weight is 348 g/mol. The van der Waals surface area contributed by atoms with E-state index in [1.54, 1.807) is 6.07 Å². The van der Waals surface area contributed by atoms with E-state index in [1.807, 2.05) is 36.4 Å². The Balaban J connectivity index is 1.37. The molecule has 1 amide bonds. The highest BCUT2D eigenvalue weighted by Gasteiger charge is 2.09. The third-order valence-corrected chi connectivity index (χ3v) is 4.14. The normalized spacial score (nSPS) is 11.1. The van der Waals surface area contributed by atoms with Crippen LogP contribution in [0.2, 0.25) is 0 Å². The van der Waals surface area contributed by atoms with Crippen molar-refractivity contribution in [2.45, 2.75) is 19.4 Å². The first kappa shape index (κ1) is 16.0. The van der Waals surface area contributed by atoms with Crippen molar-refractivity contribution in [1.29, 1.82) is 0 Å². The number of amides is 1. The minimum Gasteiger partial charge on any atom is -0.443 e. The van der Waals surface area contributed by atoms with Crippen LogP contribution in [0.25, 0.3) is 22.1 Å². The van der Waals surface area contributed by atoms with E-state index in [0.717, 1.165) is 11.1 Å². The van der Waals surface area contributed by atoms with Crippen LogP contribution in [0.5, 0.6) is 0 Å². The van der Waals surface area contributed by atoms with E-state index in [9.17, 15) is 9.59 Å². The number of H-pyrrole nitrogens is 1. The van der Waals surface area contributed by atoms with Crippen molar-refractivity contribution in [3.05, 3.63) is 70.5 Å². The summed E-state index contributed by atoms with van der Waals surface area (Å²) in [6.07, 6.45) is 1.87. The summed E-state index contributed by atoms with van der Waals surface area (Å²) in [5.41, 5.74) is 3.89. The standard InChI is InChI=1S/C19H16N4O3/c24-18(20-10-12-5-6-15-17(9-12)26-11-21-15)8-7-16-19(25)23-14-4-2-1-3-13(14)22-16/h1-6,9,11H,7-8,10H2,(H,20,24)(H,23,25). The van der Waals surface area contributed by atoms with Crippen LogP contribution in [0, 0.1) is 0 Å². The van der Waals surface area contributed by atoms with Crippen LogP contribution in [0.3, 0.4) is 0 Å². The second-order valence-electron chi connectivity index (χ2n) is 5.96. The monoisotopic (exact) mass is 348 g/mol. The summed E-state index contributed by atoms with van der Waals surface area (Å²) in [5, 5.41) is 2.84. The number of aromatic nitrogens is 3. The second-order valence-corrected chi connectivity index (χ2v) is 5.96. The van der Waals surface area contributed by atoms with Crippen molar-refractivity contribution in [2.75, 3.05) is 0 Å². The Morgan fingerprint density at radius 3 is 2.96 bits per heavy atom. The first-order chi connectivity index (χ1) is 12.7. The zero-order chi connectivity index (χ0) is 17.9. The maximum Gasteiger partial charge on any atom is 0.270 e. The summed E-state index contributed by atoms with van der Waals surface area (Å²) < 4.78 is 5.25. The summed E-state index contributed by atoms with van der Waals surface area (Å²) in [5.74, 6) is -0.142. The molecule has 26 heavy (non-hydrogen) atoms. The van der Waals surface area contributed by atoms with Crippen LogP contribution in [-0.4, -0.2) is 20.9 Å². The summed E-state index contributed by atoms with van der Waals surface area (Å²) in [6, 6.07) is 12.9. The number of rotatable bonds is 5.